The average Bonchev–Trinajstić information content (AvgIpc) is 2.34. The van der Waals surface area contributed by atoms with Gasteiger partial charge >= 0.3 is 0 Å². The van der Waals surface area contributed by atoms with E-state index in [4.69, 9.17) is 9.47 Å². The summed E-state index contributed by atoms with van der Waals surface area (Å²) in [5.74, 6) is 0.00940. The highest BCUT2D eigenvalue weighted by atomic mass is 16.5. The van der Waals surface area contributed by atoms with Crippen LogP contribution in [0.5, 0.6) is 0 Å². The Morgan fingerprint density at radius 1 is 1.06 bits per heavy atom. The molecule has 3 nitrogen and oxygen atoms in total. The fourth-order valence-corrected chi connectivity index (χ4v) is 1.42. The van der Waals surface area contributed by atoms with Gasteiger partial charge in [0.25, 0.3) is 0 Å². The minimum absolute atomic E-state index is 0.00940. The smallest absolute Gasteiger partial charge is 0.191 e. The van der Waals surface area contributed by atoms with Crippen LogP contribution in [0.1, 0.15) is 31.1 Å². The van der Waals surface area contributed by atoms with Gasteiger partial charge < -0.3 is 9.47 Å². The summed E-state index contributed by atoms with van der Waals surface area (Å²) in [5.41, 5.74) is 0.685. The van der Waals surface area contributed by atoms with E-state index < -0.39 is 6.10 Å². The third kappa shape index (κ3) is 5.11. The number of carbonyl (C=O) groups excluding carboxylic acids is 1. The number of hydrogen-bond acceptors (Lipinski definition) is 3. The molecule has 1 atom stereocenters. The Kier molecular flexibility index (Phi) is 5.87. The van der Waals surface area contributed by atoms with E-state index in [0.717, 1.165) is 0 Å². The van der Waals surface area contributed by atoms with Crippen LogP contribution in [0, 0.1) is 0 Å². The number of Topliss-reactive ketones (excluding diaryl/α,β-unsaturated/α-hetero) is 1. The Morgan fingerprint density at radius 2 is 1.65 bits per heavy atom. The fourth-order valence-electron chi connectivity index (χ4n) is 1.42. The summed E-state index contributed by atoms with van der Waals surface area (Å²) in [6, 6.07) is 9.18. The van der Waals surface area contributed by atoms with Crippen LogP contribution >= 0.6 is 0 Å². The summed E-state index contributed by atoms with van der Waals surface area (Å²) < 4.78 is 10.8. The van der Waals surface area contributed by atoms with Gasteiger partial charge in [0.1, 0.15) is 6.10 Å². The Balaban J connectivity index is 2.33. The van der Waals surface area contributed by atoms with Gasteiger partial charge in [0.2, 0.25) is 0 Å². The minimum Gasteiger partial charge on any atom is -0.376 e. The van der Waals surface area contributed by atoms with E-state index in [1.807, 2.05) is 32.0 Å². The predicted octanol–water partition coefficient (Wildman–Crippen LogP) is 2.70. The molecule has 0 amide bonds. The number of carbonyl (C=O) groups is 1. The van der Waals surface area contributed by atoms with Crippen molar-refractivity contribution in [1.29, 1.82) is 0 Å². The largest absolute Gasteiger partial charge is 0.376 e. The van der Waals surface area contributed by atoms with Gasteiger partial charge in [-0.25, -0.2) is 0 Å². The SMILES string of the molecule is CC(C)OCCOC(C)C(=O)c1ccccc1. The van der Waals surface area contributed by atoms with Crippen LogP contribution < -0.4 is 0 Å². The third-order valence-electron chi connectivity index (χ3n) is 2.33. The van der Waals surface area contributed by atoms with Gasteiger partial charge in [-0.05, 0) is 20.8 Å². The zero-order chi connectivity index (χ0) is 12.7. The van der Waals surface area contributed by atoms with Gasteiger partial charge in [0.15, 0.2) is 5.78 Å². The summed E-state index contributed by atoms with van der Waals surface area (Å²) in [5, 5.41) is 0. The Labute approximate surface area is 103 Å². The van der Waals surface area contributed by atoms with Crippen molar-refractivity contribution in [3.05, 3.63) is 35.9 Å². The van der Waals surface area contributed by atoms with Gasteiger partial charge in [0.05, 0.1) is 19.3 Å². The second kappa shape index (κ2) is 7.20. The molecule has 0 fully saturated rings. The predicted molar refractivity (Wildman–Crippen MR) is 67.3 cm³/mol. The molecular formula is C14H20O3. The topological polar surface area (TPSA) is 35.5 Å². The molecule has 1 rings (SSSR count). The quantitative estimate of drug-likeness (QED) is 0.539. The molecule has 0 aliphatic carbocycles. The summed E-state index contributed by atoms with van der Waals surface area (Å²) in [4.78, 5) is 11.9. The van der Waals surface area contributed by atoms with Crippen molar-refractivity contribution in [2.45, 2.75) is 33.0 Å². The van der Waals surface area contributed by atoms with Gasteiger partial charge in [0, 0.05) is 5.56 Å². The van der Waals surface area contributed by atoms with Crippen molar-refractivity contribution in [2.75, 3.05) is 13.2 Å². The van der Waals surface area contributed by atoms with Crippen molar-refractivity contribution in [3.63, 3.8) is 0 Å². The van der Waals surface area contributed by atoms with Crippen LogP contribution in [-0.4, -0.2) is 31.2 Å². The molecule has 0 heterocycles. The molecule has 0 aliphatic rings. The van der Waals surface area contributed by atoms with Gasteiger partial charge in [-0.1, -0.05) is 30.3 Å². The van der Waals surface area contributed by atoms with E-state index in [-0.39, 0.29) is 11.9 Å². The molecule has 94 valence electrons. The van der Waals surface area contributed by atoms with Crippen LogP contribution in [-0.2, 0) is 9.47 Å². The molecule has 0 aliphatic heterocycles. The lowest BCUT2D eigenvalue weighted by Crippen LogP contribution is -2.23. The van der Waals surface area contributed by atoms with Crippen molar-refractivity contribution in [2.24, 2.45) is 0 Å². The summed E-state index contributed by atoms with van der Waals surface area (Å²) in [6.45, 7) is 6.67. The van der Waals surface area contributed by atoms with Crippen LogP contribution in [0.25, 0.3) is 0 Å². The maximum Gasteiger partial charge on any atom is 0.191 e. The number of benzene rings is 1. The average molecular weight is 236 g/mol. The van der Waals surface area contributed by atoms with Crippen LogP contribution in [0.2, 0.25) is 0 Å². The highest BCUT2D eigenvalue weighted by molar-refractivity contribution is 5.99. The summed E-state index contributed by atoms with van der Waals surface area (Å²) >= 11 is 0. The summed E-state index contributed by atoms with van der Waals surface area (Å²) in [6.07, 6.45) is -0.230. The summed E-state index contributed by atoms with van der Waals surface area (Å²) in [7, 11) is 0. The molecule has 0 saturated carbocycles. The first-order valence-electron chi connectivity index (χ1n) is 5.93. The monoisotopic (exact) mass is 236 g/mol. The van der Waals surface area contributed by atoms with Crippen LogP contribution in [0.4, 0.5) is 0 Å². The molecule has 0 spiro atoms. The zero-order valence-electron chi connectivity index (χ0n) is 10.7. The molecule has 0 bridgehead atoms. The zero-order valence-corrected chi connectivity index (χ0v) is 10.7. The number of ether oxygens (including phenoxy) is 2. The highest BCUT2D eigenvalue weighted by Gasteiger charge is 2.14. The molecule has 1 aromatic carbocycles. The Bertz CT molecular complexity index is 333. The van der Waals surface area contributed by atoms with Crippen LogP contribution in [0.3, 0.4) is 0 Å². The third-order valence-corrected chi connectivity index (χ3v) is 2.33. The molecule has 17 heavy (non-hydrogen) atoms. The molecule has 0 N–H and O–H groups in total. The van der Waals surface area contributed by atoms with Gasteiger partial charge in [-0.3, -0.25) is 4.79 Å². The molecule has 3 heteroatoms. The lowest BCUT2D eigenvalue weighted by Gasteiger charge is -2.13. The molecular weight excluding hydrogens is 216 g/mol. The number of ketones is 1. The van der Waals surface area contributed by atoms with E-state index in [2.05, 4.69) is 0 Å². The van der Waals surface area contributed by atoms with E-state index >= 15 is 0 Å². The van der Waals surface area contributed by atoms with Crippen molar-refractivity contribution >= 4 is 5.78 Å². The van der Waals surface area contributed by atoms with Gasteiger partial charge in [-0.2, -0.15) is 0 Å². The molecule has 1 unspecified atom stereocenters. The Morgan fingerprint density at radius 3 is 2.24 bits per heavy atom. The number of hydrogen-bond donors (Lipinski definition) is 0. The molecule has 0 radical (unpaired) electrons. The molecule has 0 aromatic heterocycles. The van der Waals surface area contributed by atoms with E-state index in [1.165, 1.54) is 0 Å². The Hall–Kier alpha value is -1.19. The number of rotatable bonds is 7. The second-order valence-corrected chi connectivity index (χ2v) is 4.16. The maximum absolute atomic E-state index is 11.9. The highest BCUT2D eigenvalue weighted by Crippen LogP contribution is 2.05. The van der Waals surface area contributed by atoms with Gasteiger partial charge in [-0.15, -0.1) is 0 Å². The normalized spacial score (nSPS) is 12.7. The first-order chi connectivity index (χ1) is 8.11. The van der Waals surface area contributed by atoms with E-state index in [0.29, 0.717) is 18.8 Å². The first-order valence-corrected chi connectivity index (χ1v) is 5.93. The first kappa shape index (κ1) is 13.9. The maximum atomic E-state index is 11.9. The minimum atomic E-state index is -0.423. The fraction of sp³-hybridized carbons (Fsp3) is 0.500. The second-order valence-electron chi connectivity index (χ2n) is 4.16. The lowest BCUT2D eigenvalue weighted by molar-refractivity contribution is -0.00176. The van der Waals surface area contributed by atoms with E-state index in [1.54, 1.807) is 19.1 Å². The van der Waals surface area contributed by atoms with Crippen molar-refractivity contribution in [3.8, 4) is 0 Å². The molecule has 0 saturated heterocycles. The lowest BCUT2D eigenvalue weighted by atomic mass is 10.1. The van der Waals surface area contributed by atoms with Crippen molar-refractivity contribution in [1.82, 2.24) is 0 Å². The van der Waals surface area contributed by atoms with Crippen molar-refractivity contribution < 1.29 is 14.3 Å². The molecule has 1 aromatic rings. The standard InChI is InChI=1S/C14H20O3/c1-11(2)16-9-10-17-12(3)14(15)13-7-5-4-6-8-13/h4-8,11-12H,9-10H2,1-3H3. The van der Waals surface area contributed by atoms with E-state index in [9.17, 15) is 4.79 Å². The van der Waals surface area contributed by atoms with Crippen LogP contribution in [0.15, 0.2) is 30.3 Å².